The molecule has 0 atom stereocenters. The van der Waals surface area contributed by atoms with Crippen LogP contribution in [0.1, 0.15) is 22.3 Å². The van der Waals surface area contributed by atoms with Crippen molar-refractivity contribution in [2.24, 2.45) is 0 Å². The Kier molecular flexibility index (Phi) is 32.8. The number of hydrogen-bond acceptors (Lipinski definition) is 0. The molecule has 0 fully saturated rings. The summed E-state index contributed by atoms with van der Waals surface area (Å²) in [6.07, 6.45) is 0. The Morgan fingerprint density at radius 3 is 0.323 bits per heavy atom. The van der Waals surface area contributed by atoms with Crippen molar-refractivity contribution in [2.75, 3.05) is 0 Å². The van der Waals surface area contributed by atoms with Gasteiger partial charge in [-0.05, 0) is 268 Å². The molecule has 0 heterocycles. The molecule has 18 heteroatoms. The Bertz CT molecular complexity index is 5840. The highest BCUT2D eigenvalue weighted by atomic mass is 35.6. The molecule has 13 aliphatic rings. The first-order chi connectivity index (χ1) is 59.6. The van der Waals surface area contributed by atoms with E-state index in [1.54, 1.807) is 0 Å². The van der Waals surface area contributed by atoms with Crippen LogP contribution in [0.15, 0.2) is 366 Å². The van der Waals surface area contributed by atoms with Crippen LogP contribution in [0.2, 0.25) is 0 Å². The van der Waals surface area contributed by atoms with E-state index in [1.807, 2.05) is 0 Å². The van der Waals surface area contributed by atoms with Crippen molar-refractivity contribution in [2.45, 2.75) is 25.8 Å². The van der Waals surface area contributed by atoms with Crippen LogP contribution in [0, 0.1) is 0 Å². The SMILES string of the molecule is C=C1C(=C)c2ccc(cc2)-c2ccc(cc2)-c2c3cc4ccccc4cc3c(c3cc4ccccc4cc23)-c2ccc(cc2)-c2ccc(cc2)C(=C)C(=C)c2ccc(cc2)-c2ccc(cc2)-c2c3cc4ccccc4cc3c(c3cc4ccccc4cc23)-c2ccc(cc2)-c2ccc1cc2.ClC(Cl)Cl.ClC(Cl)Cl.ClC(Cl)Cl.ClC(Cl)Cl.ClC(Cl)Cl.ClC(Cl)Cl. The second-order valence-electron chi connectivity index (χ2n) is 28.5. The van der Waals surface area contributed by atoms with Crippen molar-refractivity contribution in [1.29, 1.82) is 0 Å². The van der Waals surface area contributed by atoms with E-state index in [-0.39, 0.29) is 0 Å². The van der Waals surface area contributed by atoms with Gasteiger partial charge in [0.15, 0.2) is 25.8 Å². The van der Waals surface area contributed by atoms with Crippen LogP contribution in [-0.4, -0.2) is 25.8 Å². The van der Waals surface area contributed by atoms with Gasteiger partial charge < -0.3 is 0 Å². The molecule has 0 saturated carbocycles. The van der Waals surface area contributed by atoms with Gasteiger partial charge in [-0.3, -0.25) is 0 Å². The van der Waals surface area contributed by atoms with Crippen LogP contribution < -0.4 is 0 Å². The van der Waals surface area contributed by atoms with Crippen LogP contribution >= 0.6 is 209 Å². The minimum absolute atomic E-state index is 0.750. The van der Waals surface area contributed by atoms with Crippen LogP contribution in [0.4, 0.5) is 0 Å². The van der Waals surface area contributed by atoms with Gasteiger partial charge in [-0.2, -0.15) is 0 Å². The maximum atomic E-state index is 4.81. The van der Waals surface area contributed by atoms with Crippen molar-refractivity contribution in [3.8, 4) is 89.0 Å². The van der Waals surface area contributed by atoms with Crippen molar-refractivity contribution in [3.05, 3.63) is 388 Å². The van der Waals surface area contributed by atoms with E-state index in [0.29, 0.717) is 0 Å². The smallest absolute Gasteiger partial charge is 0.0906 e. The molecule has 13 aliphatic carbocycles. The first kappa shape index (κ1) is 93.8. The van der Waals surface area contributed by atoms with Crippen LogP contribution in [0.5, 0.6) is 0 Å². The Morgan fingerprint density at radius 1 is 0.129 bits per heavy atom. The fraction of sp³-hybridized carbons (Fsp3) is 0.0566. The summed E-state index contributed by atoms with van der Waals surface area (Å²) in [5.74, 6) is 0. The highest BCUT2D eigenvalue weighted by Gasteiger charge is 2.23. The largest absolute Gasteiger partial charge is 0.180 e. The first-order valence-electron chi connectivity index (χ1n) is 38.3. The van der Waals surface area contributed by atoms with Gasteiger partial charge in [0.25, 0.3) is 0 Å². The van der Waals surface area contributed by atoms with Gasteiger partial charge in [0.2, 0.25) is 0 Å². The molecule has 0 radical (unpaired) electrons. The number of rotatable bonds is 0. The normalized spacial score (nSPS) is 11.8. The molecule has 0 saturated heterocycles. The zero-order valence-corrected chi connectivity index (χ0v) is 79.0. The van der Waals surface area contributed by atoms with Gasteiger partial charge >= 0.3 is 0 Å². The Hall–Kier alpha value is -7.78. The lowest BCUT2D eigenvalue weighted by atomic mass is 9.83. The Morgan fingerprint density at radius 2 is 0.218 bits per heavy atom. The monoisotopic (exact) mass is 1970 g/mol. The van der Waals surface area contributed by atoms with Crippen LogP contribution in [0.25, 0.3) is 197 Å². The molecule has 20 bridgehead atoms. The zero-order valence-electron chi connectivity index (χ0n) is 65.4. The van der Waals surface area contributed by atoms with Crippen molar-refractivity contribution >= 4 is 317 Å². The highest BCUT2D eigenvalue weighted by molar-refractivity contribution is 6.65. The third-order valence-corrected chi connectivity index (χ3v) is 21.4. The predicted octanol–water partition coefficient (Wildman–Crippen LogP) is 39.9. The van der Waals surface area contributed by atoms with Crippen molar-refractivity contribution in [3.63, 3.8) is 0 Å². The molecule has 0 N–H and O–H groups in total. The Balaban J connectivity index is 0.000000492. The summed E-state index contributed by atoms with van der Waals surface area (Å²) in [6.45, 7) is 18.5. The molecule has 620 valence electrons. The summed E-state index contributed by atoms with van der Waals surface area (Å²) in [7, 11) is 0. The first-order valence-corrected chi connectivity index (χ1v) is 46.2. The van der Waals surface area contributed by atoms with E-state index in [0.717, 1.165) is 89.1 Å². The van der Waals surface area contributed by atoms with Crippen molar-refractivity contribution < 1.29 is 0 Å². The molecule has 18 aromatic rings. The molecule has 0 spiro atoms. The van der Waals surface area contributed by atoms with Gasteiger partial charge in [-0.1, -0.05) is 526 Å². The number of benzene rings is 18. The molecular weight excluding hydrogens is 1910 g/mol. The average Bonchev–Trinajstić information content (AvgIpc) is 0.722. The molecule has 0 unspecified atom stereocenters. The summed E-state index contributed by atoms with van der Waals surface area (Å²) >= 11 is 86.5. The fourth-order valence-corrected chi connectivity index (χ4v) is 15.9. The summed E-state index contributed by atoms with van der Waals surface area (Å²) in [4.78, 5) is 0. The molecule has 0 nitrogen and oxygen atoms in total. The van der Waals surface area contributed by atoms with Gasteiger partial charge in [-0.25, -0.2) is 0 Å². The number of halogens is 18. The summed E-state index contributed by atoms with van der Waals surface area (Å²) < 4.78 is -4.50. The predicted molar refractivity (Wildman–Crippen MR) is 561 cm³/mol. The maximum Gasteiger partial charge on any atom is 0.180 e. The number of fused-ring (bicyclic) bond motifs is 6. The van der Waals surface area contributed by atoms with E-state index in [2.05, 4.69) is 366 Å². The van der Waals surface area contributed by atoms with Crippen LogP contribution in [-0.2, 0) is 0 Å². The summed E-state index contributed by atoms with van der Waals surface area (Å²) in [6, 6.07) is 126. The minimum atomic E-state index is -0.750. The Labute approximate surface area is 811 Å². The fourth-order valence-electron chi connectivity index (χ4n) is 15.9. The molecule has 0 amide bonds. The van der Waals surface area contributed by atoms with E-state index < -0.39 is 25.8 Å². The molecule has 124 heavy (non-hydrogen) atoms. The second kappa shape index (κ2) is 43.3. The highest BCUT2D eigenvalue weighted by Crippen LogP contribution is 2.50. The number of hydrogen-bond donors (Lipinski definition) is 0. The third-order valence-electron chi connectivity index (χ3n) is 21.4. The maximum absolute atomic E-state index is 4.81. The molecule has 0 aliphatic heterocycles. The van der Waals surface area contributed by atoms with E-state index >= 15 is 0 Å². The van der Waals surface area contributed by atoms with Gasteiger partial charge in [0.05, 0.1) is 0 Å². The quantitative estimate of drug-likeness (QED) is 0.105. The standard InChI is InChI=1S/C100H64.6CHCl3/c1-61-62(2)66-23-31-70(32-24-66)74-39-47-78(48-40-74)98-93-57-85-17-9-11-19-87(85)59-95(93)100(96-60-88-20-12-10-18-86(88)58-94(96)98)80-51-43-76(44-52-80)72-35-27-68(28-36-72)64(4)63(3)67-25-33-71(34-26-67)75-41-49-79(50-42-75)99-91-55-83-15-7-5-13-81(83)53-89(91)97(90-54-82-14-6-8-16-84(82)56-92(90)99)77-45-37-73(38-46-77)69-29-21-65(61)22-30-69;6*2-1(3)4/h5-60H,1-4H2;6*1H. The summed E-state index contributed by atoms with van der Waals surface area (Å²) in [5, 5.41) is 19.5. The molecular formula is C106H70Cl18. The number of allylic oxidation sites excluding steroid dienone is 4. The lowest BCUT2D eigenvalue weighted by molar-refractivity contribution is 1.56. The lowest BCUT2D eigenvalue weighted by Crippen LogP contribution is -1.93. The summed E-state index contributed by atoms with van der Waals surface area (Å²) in [5.41, 5.74) is 26.5. The van der Waals surface area contributed by atoms with Crippen LogP contribution in [0.3, 0.4) is 0 Å². The van der Waals surface area contributed by atoms with Gasteiger partial charge in [0.1, 0.15) is 0 Å². The number of alkyl halides is 18. The minimum Gasteiger partial charge on any atom is -0.0906 e. The van der Waals surface area contributed by atoms with Crippen molar-refractivity contribution in [1.82, 2.24) is 0 Å². The van der Waals surface area contributed by atoms with E-state index in [4.69, 9.17) is 209 Å². The second-order valence-corrected chi connectivity index (χ2v) is 40.4. The van der Waals surface area contributed by atoms with Gasteiger partial charge in [0, 0.05) is 0 Å². The molecule has 0 aromatic heterocycles. The topological polar surface area (TPSA) is 0 Å². The van der Waals surface area contributed by atoms with E-state index in [9.17, 15) is 0 Å². The third kappa shape index (κ3) is 23.0. The molecule has 31 rings (SSSR count). The average molecular weight is 1980 g/mol. The van der Waals surface area contributed by atoms with E-state index in [1.165, 1.54) is 131 Å². The zero-order chi connectivity index (χ0) is 88.2. The lowest BCUT2D eigenvalue weighted by Gasteiger charge is -2.20. The molecule has 18 aromatic carbocycles. The van der Waals surface area contributed by atoms with Gasteiger partial charge in [-0.15, -0.1) is 0 Å².